The van der Waals surface area contributed by atoms with E-state index in [4.69, 9.17) is 29.3 Å². The molecule has 0 unspecified atom stereocenters. The Balaban J connectivity index is 0.000000438. The van der Waals surface area contributed by atoms with Crippen molar-refractivity contribution >= 4 is 23.5 Å². The fourth-order valence-corrected chi connectivity index (χ4v) is 2.37. The Morgan fingerprint density at radius 1 is 0.897 bits per heavy atom. The molecule has 1 heterocycles. The monoisotopic (exact) mass is 402 g/mol. The van der Waals surface area contributed by atoms with Gasteiger partial charge in [-0.2, -0.15) is 0 Å². The molecule has 1 amide bonds. The smallest absolute Gasteiger partial charge is 0.414 e. The first-order valence-corrected chi connectivity index (χ1v) is 8.84. The number of hydrogen-bond acceptors (Lipinski definition) is 6. The van der Waals surface area contributed by atoms with Gasteiger partial charge in [-0.15, -0.1) is 0 Å². The number of carbonyl (C=O) groups excluding carboxylic acids is 1. The van der Waals surface area contributed by atoms with Crippen molar-refractivity contribution in [1.29, 1.82) is 0 Å². The summed E-state index contributed by atoms with van der Waals surface area (Å²) in [6.07, 6.45) is 0. The maximum Gasteiger partial charge on any atom is 0.414 e. The zero-order valence-corrected chi connectivity index (χ0v) is 15.6. The molecule has 1 aliphatic heterocycles. The number of benzene rings is 2. The maximum absolute atomic E-state index is 12.1. The van der Waals surface area contributed by atoms with Gasteiger partial charge in [0.25, 0.3) is 0 Å². The Bertz CT molecular complexity index is 791. The molecule has 9 nitrogen and oxygen atoms in total. The molecule has 9 heteroatoms. The summed E-state index contributed by atoms with van der Waals surface area (Å²) in [5, 5.41) is 17.9. The van der Waals surface area contributed by atoms with Crippen molar-refractivity contribution in [3.8, 4) is 11.5 Å². The zero-order chi connectivity index (χ0) is 21.1. The van der Waals surface area contributed by atoms with Gasteiger partial charge in [0, 0.05) is 18.8 Å². The number of carbonyl (C=O) groups is 3. The summed E-state index contributed by atoms with van der Waals surface area (Å²) < 4.78 is 11.0. The summed E-state index contributed by atoms with van der Waals surface area (Å²) in [6, 6.07) is 17.2. The van der Waals surface area contributed by atoms with Gasteiger partial charge in [-0.1, -0.05) is 18.2 Å². The lowest BCUT2D eigenvalue weighted by Crippen LogP contribution is -2.43. The van der Waals surface area contributed by atoms with E-state index in [0.29, 0.717) is 32.8 Å². The third-order valence-electron chi connectivity index (χ3n) is 3.82. The first-order valence-electron chi connectivity index (χ1n) is 8.84. The van der Waals surface area contributed by atoms with Gasteiger partial charge < -0.3 is 29.9 Å². The van der Waals surface area contributed by atoms with Crippen molar-refractivity contribution in [2.75, 3.05) is 38.2 Å². The summed E-state index contributed by atoms with van der Waals surface area (Å²) in [5.74, 6) is -1.99. The van der Waals surface area contributed by atoms with Crippen LogP contribution >= 0.6 is 0 Å². The number of rotatable bonds is 5. The van der Waals surface area contributed by atoms with Crippen LogP contribution in [0.1, 0.15) is 0 Å². The minimum absolute atomic E-state index is 0.0953. The Kier molecular flexibility index (Phi) is 8.46. The number of anilines is 1. The van der Waals surface area contributed by atoms with Crippen LogP contribution in [0.15, 0.2) is 54.6 Å². The SMILES string of the molecule is O=C(CNc1ccc(Oc2ccccc2)cc1)N1CCOCC1.O=C(O)C(=O)O. The van der Waals surface area contributed by atoms with Crippen LogP contribution < -0.4 is 10.1 Å². The molecule has 1 saturated heterocycles. The molecule has 2 aromatic carbocycles. The highest BCUT2D eigenvalue weighted by molar-refractivity contribution is 6.27. The van der Waals surface area contributed by atoms with E-state index in [2.05, 4.69) is 5.32 Å². The lowest BCUT2D eigenvalue weighted by Gasteiger charge is -2.27. The van der Waals surface area contributed by atoms with Crippen molar-refractivity contribution < 1.29 is 34.1 Å². The Hall–Kier alpha value is -3.59. The number of hydrogen-bond donors (Lipinski definition) is 3. The molecule has 0 aliphatic carbocycles. The summed E-state index contributed by atoms with van der Waals surface area (Å²) in [7, 11) is 0. The largest absolute Gasteiger partial charge is 0.473 e. The average molecular weight is 402 g/mol. The number of nitrogens with one attached hydrogen (secondary N) is 1. The lowest BCUT2D eigenvalue weighted by molar-refractivity contribution is -0.159. The molecule has 0 saturated carbocycles. The van der Waals surface area contributed by atoms with E-state index in [-0.39, 0.29) is 5.91 Å². The lowest BCUT2D eigenvalue weighted by atomic mass is 10.3. The quantitative estimate of drug-likeness (QED) is 0.648. The number of para-hydroxylation sites is 1. The molecule has 0 radical (unpaired) electrons. The highest BCUT2D eigenvalue weighted by atomic mass is 16.5. The molecular weight excluding hydrogens is 380 g/mol. The van der Waals surface area contributed by atoms with Crippen LogP contribution in [-0.4, -0.2) is 65.8 Å². The van der Waals surface area contributed by atoms with Crippen molar-refractivity contribution in [2.24, 2.45) is 0 Å². The van der Waals surface area contributed by atoms with E-state index in [9.17, 15) is 4.79 Å². The zero-order valence-electron chi connectivity index (χ0n) is 15.6. The van der Waals surface area contributed by atoms with Crippen LogP contribution in [0.25, 0.3) is 0 Å². The van der Waals surface area contributed by atoms with Gasteiger partial charge in [-0.25, -0.2) is 9.59 Å². The highest BCUT2D eigenvalue weighted by Gasteiger charge is 2.16. The predicted molar refractivity (Wildman–Crippen MR) is 104 cm³/mol. The fraction of sp³-hybridized carbons (Fsp3) is 0.250. The maximum atomic E-state index is 12.1. The van der Waals surface area contributed by atoms with E-state index < -0.39 is 11.9 Å². The summed E-state index contributed by atoms with van der Waals surface area (Å²) in [5.41, 5.74) is 0.895. The Morgan fingerprint density at radius 3 is 2.00 bits per heavy atom. The second-order valence-corrected chi connectivity index (χ2v) is 5.90. The van der Waals surface area contributed by atoms with Crippen molar-refractivity contribution in [1.82, 2.24) is 4.90 Å². The molecule has 1 aliphatic rings. The number of aliphatic carboxylic acids is 2. The van der Waals surface area contributed by atoms with Crippen molar-refractivity contribution in [2.45, 2.75) is 0 Å². The molecule has 0 bridgehead atoms. The molecule has 2 aromatic rings. The number of carboxylic acid groups (broad SMARTS) is 2. The van der Waals surface area contributed by atoms with E-state index in [1.807, 2.05) is 59.5 Å². The molecule has 3 N–H and O–H groups in total. The molecular formula is C20H22N2O7. The van der Waals surface area contributed by atoms with Crippen LogP contribution in [0.5, 0.6) is 11.5 Å². The van der Waals surface area contributed by atoms with Crippen LogP contribution in [0, 0.1) is 0 Å². The minimum atomic E-state index is -1.82. The molecule has 154 valence electrons. The van der Waals surface area contributed by atoms with Crippen molar-refractivity contribution in [3.63, 3.8) is 0 Å². The number of morpholine rings is 1. The Morgan fingerprint density at radius 2 is 1.45 bits per heavy atom. The van der Waals surface area contributed by atoms with Crippen molar-refractivity contribution in [3.05, 3.63) is 54.6 Å². The normalized spacial score (nSPS) is 12.9. The van der Waals surface area contributed by atoms with Gasteiger partial charge in [0.1, 0.15) is 11.5 Å². The van der Waals surface area contributed by atoms with Gasteiger partial charge in [0.15, 0.2) is 0 Å². The molecule has 1 fully saturated rings. The Labute approximate surface area is 167 Å². The van der Waals surface area contributed by atoms with Crippen LogP contribution in [0.4, 0.5) is 5.69 Å². The van der Waals surface area contributed by atoms with Gasteiger partial charge >= 0.3 is 11.9 Å². The predicted octanol–water partition coefficient (Wildman–Crippen LogP) is 1.91. The average Bonchev–Trinajstić information content (AvgIpc) is 2.75. The van der Waals surface area contributed by atoms with E-state index in [1.54, 1.807) is 0 Å². The summed E-state index contributed by atoms with van der Waals surface area (Å²) in [4.78, 5) is 32.1. The van der Waals surface area contributed by atoms with Gasteiger partial charge in [-0.05, 0) is 36.4 Å². The van der Waals surface area contributed by atoms with Crippen LogP contribution in [0.2, 0.25) is 0 Å². The first kappa shape index (κ1) is 21.7. The highest BCUT2D eigenvalue weighted by Crippen LogP contribution is 2.22. The summed E-state index contributed by atoms with van der Waals surface area (Å²) in [6.45, 7) is 2.88. The number of carboxylic acids is 2. The number of amides is 1. The topological polar surface area (TPSA) is 125 Å². The minimum Gasteiger partial charge on any atom is -0.473 e. The van der Waals surface area contributed by atoms with Crippen LogP contribution in [-0.2, 0) is 19.1 Å². The van der Waals surface area contributed by atoms with E-state index in [1.165, 1.54) is 0 Å². The summed E-state index contributed by atoms with van der Waals surface area (Å²) >= 11 is 0. The number of nitrogens with zero attached hydrogens (tertiary/aromatic N) is 1. The third kappa shape index (κ3) is 7.89. The van der Waals surface area contributed by atoms with Gasteiger partial charge in [0.2, 0.25) is 5.91 Å². The molecule has 3 rings (SSSR count). The van der Waals surface area contributed by atoms with E-state index in [0.717, 1.165) is 17.2 Å². The standard InChI is InChI=1S/C18H20N2O3.C2H2O4/c21-18(20-10-12-22-13-11-20)14-19-15-6-8-17(9-7-15)23-16-4-2-1-3-5-16;3-1(4)2(5)6/h1-9,19H,10-14H2;(H,3,4)(H,5,6). The van der Waals surface area contributed by atoms with E-state index >= 15 is 0 Å². The molecule has 0 atom stereocenters. The fourth-order valence-electron chi connectivity index (χ4n) is 2.37. The third-order valence-corrected chi connectivity index (χ3v) is 3.82. The van der Waals surface area contributed by atoms with Gasteiger partial charge in [-0.3, -0.25) is 4.79 Å². The second kappa shape index (κ2) is 11.3. The molecule has 0 spiro atoms. The second-order valence-electron chi connectivity index (χ2n) is 5.90. The molecule has 29 heavy (non-hydrogen) atoms. The van der Waals surface area contributed by atoms with Gasteiger partial charge in [0.05, 0.1) is 19.8 Å². The molecule has 0 aromatic heterocycles. The first-order chi connectivity index (χ1) is 14.0. The van der Waals surface area contributed by atoms with Crippen LogP contribution in [0.3, 0.4) is 0 Å². The number of ether oxygens (including phenoxy) is 2.